The summed E-state index contributed by atoms with van der Waals surface area (Å²) in [5.41, 5.74) is 2.92. The van der Waals surface area contributed by atoms with E-state index in [0.717, 1.165) is 36.3 Å². The van der Waals surface area contributed by atoms with E-state index < -0.39 is 12.1 Å². The molecule has 2 aliphatic rings. The minimum atomic E-state index is -0.772. The first-order valence-electron chi connectivity index (χ1n) is 9.55. The van der Waals surface area contributed by atoms with Gasteiger partial charge in [0, 0.05) is 36.6 Å². The molecule has 4 rings (SSSR count). The molecule has 2 N–H and O–H groups in total. The van der Waals surface area contributed by atoms with Crippen molar-refractivity contribution in [3.05, 3.63) is 47.5 Å². The van der Waals surface area contributed by atoms with Crippen LogP contribution in [0.15, 0.2) is 30.6 Å². The molecule has 8 nitrogen and oxygen atoms in total. The second-order valence-corrected chi connectivity index (χ2v) is 7.87. The highest BCUT2D eigenvalue weighted by Gasteiger charge is 2.45. The Labute approximate surface area is 163 Å². The van der Waals surface area contributed by atoms with Crippen LogP contribution in [0.3, 0.4) is 0 Å². The number of hydrogen-bond acceptors (Lipinski definition) is 5. The van der Waals surface area contributed by atoms with Gasteiger partial charge in [-0.05, 0) is 44.4 Å². The summed E-state index contributed by atoms with van der Waals surface area (Å²) in [5, 5.41) is 10.4. The number of amides is 2. The van der Waals surface area contributed by atoms with Gasteiger partial charge in [0.15, 0.2) is 6.10 Å². The van der Waals surface area contributed by atoms with Gasteiger partial charge in [0.25, 0.3) is 5.91 Å². The summed E-state index contributed by atoms with van der Waals surface area (Å²) < 4.78 is 7.59. The Morgan fingerprint density at radius 2 is 2.25 bits per heavy atom. The summed E-state index contributed by atoms with van der Waals surface area (Å²) >= 11 is 0. The monoisotopic (exact) mass is 383 g/mol. The van der Waals surface area contributed by atoms with Gasteiger partial charge in [-0.2, -0.15) is 5.10 Å². The van der Waals surface area contributed by atoms with E-state index in [1.807, 2.05) is 24.6 Å². The molecule has 3 heterocycles. The van der Waals surface area contributed by atoms with E-state index in [1.165, 1.54) is 0 Å². The molecule has 1 aliphatic carbocycles. The highest BCUT2D eigenvalue weighted by molar-refractivity contribution is 5.86. The normalized spacial score (nSPS) is 23.1. The Kier molecular flexibility index (Phi) is 4.89. The van der Waals surface area contributed by atoms with E-state index in [4.69, 9.17) is 4.74 Å². The van der Waals surface area contributed by atoms with Crippen molar-refractivity contribution in [2.75, 3.05) is 13.2 Å². The predicted molar refractivity (Wildman–Crippen MR) is 101 cm³/mol. The zero-order valence-electron chi connectivity index (χ0n) is 16.1. The van der Waals surface area contributed by atoms with Crippen LogP contribution in [0.2, 0.25) is 0 Å². The number of rotatable bonds is 6. The first kappa shape index (κ1) is 18.6. The van der Waals surface area contributed by atoms with Crippen molar-refractivity contribution in [2.24, 2.45) is 5.41 Å². The fourth-order valence-corrected chi connectivity index (χ4v) is 3.69. The molecule has 2 fully saturated rings. The maximum Gasteiger partial charge on any atom is 0.251 e. The lowest BCUT2D eigenvalue weighted by molar-refractivity contribution is -0.148. The third-order valence-electron chi connectivity index (χ3n) is 5.50. The number of aryl methyl sites for hydroxylation is 2. The number of aromatic nitrogens is 3. The molecule has 2 amide bonds. The molecule has 0 radical (unpaired) electrons. The summed E-state index contributed by atoms with van der Waals surface area (Å²) in [6.07, 6.45) is 4.64. The number of nitrogens with zero attached hydrogens (tertiary/aromatic N) is 3. The van der Waals surface area contributed by atoms with Crippen LogP contribution < -0.4 is 10.6 Å². The predicted octanol–water partition coefficient (Wildman–Crippen LogP) is 1.05. The maximum atomic E-state index is 12.9. The number of morpholine rings is 1. The van der Waals surface area contributed by atoms with Gasteiger partial charge >= 0.3 is 0 Å². The zero-order chi connectivity index (χ0) is 19.7. The molecule has 1 saturated carbocycles. The van der Waals surface area contributed by atoms with Crippen molar-refractivity contribution >= 4 is 11.8 Å². The highest BCUT2D eigenvalue weighted by Crippen LogP contribution is 2.46. The first-order valence-corrected chi connectivity index (χ1v) is 9.55. The van der Waals surface area contributed by atoms with Crippen molar-refractivity contribution in [1.82, 2.24) is 25.4 Å². The van der Waals surface area contributed by atoms with Gasteiger partial charge in [-0.1, -0.05) is 6.07 Å². The van der Waals surface area contributed by atoms with Gasteiger partial charge in [0.2, 0.25) is 5.91 Å². The minimum absolute atomic E-state index is 0.0423. The fourth-order valence-electron chi connectivity index (χ4n) is 3.69. The molecule has 1 aliphatic heterocycles. The number of hydrogen-bond donors (Lipinski definition) is 2. The van der Waals surface area contributed by atoms with Gasteiger partial charge < -0.3 is 15.4 Å². The Bertz CT molecular complexity index is 875. The van der Waals surface area contributed by atoms with Crippen molar-refractivity contribution in [3.8, 4) is 0 Å². The van der Waals surface area contributed by atoms with Crippen LogP contribution in [0.25, 0.3) is 0 Å². The molecular weight excluding hydrogens is 358 g/mol. The SMILES string of the molecule is Cc1cc(C)n(CC2(CNC(=O)[C@H]3OCC(=O)N[C@@H]3c3cccnc3)CC2)n1. The van der Waals surface area contributed by atoms with Gasteiger partial charge in [-0.3, -0.25) is 19.3 Å². The summed E-state index contributed by atoms with van der Waals surface area (Å²) in [6.45, 7) is 5.27. The number of pyridine rings is 1. The fraction of sp³-hybridized carbons (Fsp3) is 0.500. The average Bonchev–Trinajstić information content (AvgIpc) is 3.38. The van der Waals surface area contributed by atoms with Crippen molar-refractivity contribution in [2.45, 2.75) is 45.4 Å². The lowest BCUT2D eigenvalue weighted by Gasteiger charge is -2.32. The summed E-state index contributed by atoms with van der Waals surface area (Å²) in [6, 6.07) is 5.13. The van der Waals surface area contributed by atoms with E-state index in [9.17, 15) is 9.59 Å². The topological polar surface area (TPSA) is 98.1 Å². The van der Waals surface area contributed by atoms with Crippen LogP contribution in [0.5, 0.6) is 0 Å². The molecule has 0 spiro atoms. The van der Waals surface area contributed by atoms with Crippen LogP contribution in [0.1, 0.15) is 35.8 Å². The molecule has 0 unspecified atom stereocenters. The molecule has 2 atom stereocenters. The molecule has 0 bridgehead atoms. The molecule has 2 aromatic heterocycles. The summed E-state index contributed by atoms with van der Waals surface area (Å²) in [4.78, 5) is 28.7. The Morgan fingerprint density at radius 1 is 1.43 bits per heavy atom. The Hall–Kier alpha value is -2.74. The molecular formula is C20H25N5O3. The first-order chi connectivity index (χ1) is 13.5. The van der Waals surface area contributed by atoms with Crippen molar-refractivity contribution in [3.63, 3.8) is 0 Å². The van der Waals surface area contributed by atoms with Crippen LogP contribution in [0.4, 0.5) is 0 Å². The minimum Gasteiger partial charge on any atom is -0.356 e. The number of ether oxygens (including phenoxy) is 1. The Balaban J connectivity index is 1.41. The van der Waals surface area contributed by atoms with E-state index in [1.54, 1.807) is 18.5 Å². The second-order valence-electron chi connectivity index (χ2n) is 7.87. The van der Waals surface area contributed by atoms with E-state index in [2.05, 4.69) is 26.8 Å². The standard InChI is InChI=1S/C20H25N5O3/c1-13-8-14(2)25(24-13)12-20(5-6-20)11-22-19(27)18-17(23-16(26)10-28-18)15-4-3-7-21-9-15/h3-4,7-9,17-18H,5-6,10-12H2,1-2H3,(H,22,27)(H,23,26)/t17-,18+/m1/s1. The lowest BCUT2D eigenvalue weighted by Crippen LogP contribution is -2.53. The van der Waals surface area contributed by atoms with Crippen LogP contribution >= 0.6 is 0 Å². The Morgan fingerprint density at radius 3 is 2.89 bits per heavy atom. The average molecular weight is 383 g/mol. The quantitative estimate of drug-likeness (QED) is 0.777. The second kappa shape index (κ2) is 7.35. The smallest absolute Gasteiger partial charge is 0.251 e. The molecule has 0 aromatic carbocycles. The number of carbonyl (C=O) groups is 2. The summed E-state index contributed by atoms with van der Waals surface area (Å²) in [5.74, 6) is -0.449. The molecule has 28 heavy (non-hydrogen) atoms. The van der Waals surface area contributed by atoms with E-state index in [0.29, 0.717) is 6.54 Å². The van der Waals surface area contributed by atoms with Crippen molar-refractivity contribution < 1.29 is 14.3 Å². The summed E-state index contributed by atoms with van der Waals surface area (Å²) in [7, 11) is 0. The molecule has 8 heteroatoms. The number of nitrogens with one attached hydrogen (secondary N) is 2. The van der Waals surface area contributed by atoms with Crippen LogP contribution in [-0.4, -0.2) is 45.8 Å². The van der Waals surface area contributed by atoms with Crippen LogP contribution in [0, 0.1) is 19.3 Å². The van der Waals surface area contributed by atoms with Gasteiger partial charge in [0.1, 0.15) is 6.61 Å². The maximum absolute atomic E-state index is 12.9. The van der Waals surface area contributed by atoms with Crippen LogP contribution in [-0.2, 0) is 20.9 Å². The zero-order valence-corrected chi connectivity index (χ0v) is 16.1. The van der Waals surface area contributed by atoms with E-state index in [-0.39, 0.29) is 23.8 Å². The van der Waals surface area contributed by atoms with E-state index >= 15 is 0 Å². The van der Waals surface area contributed by atoms with Gasteiger partial charge in [-0.25, -0.2) is 0 Å². The third-order valence-corrected chi connectivity index (χ3v) is 5.50. The molecule has 2 aromatic rings. The number of carbonyl (C=O) groups excluding carboxylic acids is 2. The van der Waals surface area contributed by atoms with Crippen molar-refractivity contribution in [1.29, 1.82) is 0 Å². The molecule has 1 saturated heterocycles. The third kappa shape index (κ3) is 3.91. The lowest BCUT2D eigenvalue weighted by atomic mass is 10.0. The highest BCUT2D eigenvalue weighted by atomic mass is 16.5. The van der Waals surface area contributed by atoms with Gasteiger partial charge in [0.05, 0.1) is 11.7 Å². The molecule has 148 valence electrons. The largest absolute Gasteiger partial charge is 0.356 e. The van der Waals surface area contributed by atoms with Gasteiger partial charge in [-0.15, -0.1) is 0 Å².